The number of benzene rings is 2. The number of rotatable bonds is 24. The Bertz CT molecular complexity index is 1070. The van der Waals surface area contributed by atoms with E-state index in [0.29, 0.717) is 0 Å². The quantitative estimate of drug-likeness (QED) is 0.0700. The summed E-state index contributed by atoms with van der Waals surface area (Å²) in [5.74, 6) is 1.87. The molecule has 0 amide bonds. The van der Waals surface area contributed by atoms with E-state index in [-0.39, 0.29) is 0 Å². The monoisotopic (exact) mass is 668 g/mol. The maximum Gasteiger partial charge on any atom is 0.360 e. The second-order valence-electron chi connectivity index (χ2n) is 13.0. The highest BCUT2D eigenvalue weighted by molar-refractivity contribution is 5.63. The molecule has 5 nitrogen and oxygen atoms in total. The van der Waals surface area contributed by atoms with Crippen LogP contribution in [0.4, 0.5) is 0 Å². The molecule has 0 unspecified atom stereocenters. The lowest BCUT2D eigenvalue weighted by Gasteiger charge is -2.17. The van der Waals surface area contributed by atoms with Gasteiger partial charge in [0.25, 0.3) is 0 Å². The van der Waals surface area contributed by atoms with Crippen LogP contribution in [0, 0.1) is 10.2 Å². The summed E-state index contributed by atoms with van der Waals surface area (Å²) in [4.78, 5) is 0. The molecule has 0 atom stereocenters. The molecule has 0 aliphatic rings. The minimum absolute atomic E-state index is 0.937. The zero-order valence-electron chi connectivity index (χ0n) is 29.3. The van der Waals surface area contributed by atoms with Gasteiger partial charge in [-0.1, -0.05) is 154 Å². The van der Waals surface area contributed by atoms with E-state index in [9.17, 15) is 0 Å². The second-order valence-corrected chi connectivity index (χ2v) is 13.7. The summed E-state index contributed by atoms with van der Waals surface area (Å²) in [6.07, 6.45) is 30.2. The zero-order valence-corrected chi connectivity index (χ0v) is 30.1. The average Bonchev–Trinajstić information content (AvgIpc) is 3.06. The Labute approximate surface area is 288 Å². The van der Waals surface area contributed by atoms with Crippen LogP contribution in [0.2, 0.25) is 0 Å². The molecule has 47 heavy (non-hydrogen) atoms. The summed E-state index contributed by atoms with van der Waals surface area (Å²) in [5.41, 5.74) is 5.18. The number of halogens is 1. The van der Waals surface area contributed by atoms with Gasteiger partial charge in [0.05, 0.1) is 11.1 Å². The molecule has 6 heteroatoms. The van der Waals surface area contributed by atoms with Crippen molar-refractivity contribution in [3.8, 4) is 22.6 Å². The maximum absolute atomic E-state index is 8.49. The van der Waals surface area contributed by atoms with Gasteiger partial charge in [0.2, 0.25) is 0 Å². The van der Waals surface area contributed by atoms with Gasteiger partial charge in [0, 0.05) is 12.1 Å². The van der Waals surface area contributed by atoms with E-state index in [4.69, 9.17) is 23.1 Å². The van der Waals surface area contributed by atoms with Gasteiger partial charge >= 0.3 is 11.5 Å². The molecule has 0 fully saturated rings. The third kappa shape index (κ3) is 21.3. The summed E-state index contributed by atoms with van der Waals surface area (Å²) in [7, 11) is -4.94. The first-order valence-corrected chi connectivity index (χ1v) is 19.8. The Hall–Kier alpha value is -2.28. The molecule has 0 aliphatic carbocycles. The molecule has 0 spiro atoms. The fourth-order valence-corrected chi connectivity index (χ4v) is 6.02. The van der Waals surface area contributed by atoms with Crippen LogP contribution in [0.5, 0.6) is 0 Å². The first-order chi connectivity index (χ1) is 22.8. The molecule has 1 aromatic heterocycles. The SMILES string of the molecule is CCCCCCCCCCCCc1ccc(-c2cccc(-c3ccc(CCCCCCCCCCCC)cc3)[o+]2)cc1.[O-][Cl+3]([O-])([O-])[O-]. The van der Waals surface area contributed by atoms with Crippen LogP contribution in [0.15, 0.2) is 71.1 Å². The van der Waals surface area contributed by atoms with Crippen LogP contribution in [0.3, 0.4) is 0 Å². The Morgan fingerprint density at radius 1 is 0.404 bits per heavy atom. The van der Waals surface area contributed by atoms with E-state index in [2.05, 4.69) is 80.6 Å². The molecular formula is C41H61ClO5. The molecule has 3 aromatic rings. The lowest BCUT2D eigenvalue weighted by atomic mass is 10.0. The van der Waals surface area contributed by atoms with Gasteiger partial charge < -0.3 is 0 Å². The first kappa shape index (κ1) is 40.9. The van der Waals surface area contributed by atoms with Crippen LogP contribution >= 0.6 is 0 Å². The van der Waals surface area contributed by atoms with Crippen LogP contribution < -0.4 is 18.6 Å². The van der Waals surface area contributed by atoms with Gasteiger partial charge in [-0.25, -0.2) is 23.1 Å². The van der Waals surface area contributed by atoms with E-state index in [0.717, 1.165) is 22.6 Å². The average molecular weight is 669 g/mol. The van der Waals surface area contributed by atoms with Gasteiger partial charge in [0.15, 0.2) is 0 Å². The molecule has 0 saturated heterocycles. The van der Waals surface area contributed by atoms with Crippen molar-refractivity contribution < 1.29 is 33.3 Å². The molecule has 0 saturated carbocycles. The minimum atomic E-state index is -4.94. The van der Waals surface area contributed by atoms with Crippen molar-refractivity contribution in [2.45, 2.75) is 155 Å². The number of aryl methyl sites for hydroxylation is 2. The molecule has 3 rings (SSSR count). The minimum Gasteiger partial charge on any atom is -0.222 e. The molecule has 1 heterocycles. The van der Waals surface area contributed by atoms with Crippen molar-refractivity contribution >= 4 is 0 Å². The Morgan fingerprint density at radius 3 is 0.979 bits per heavy atom. The van der Waals surface area contributed by atoms with Crippen LogP contribution in [-0.4, -0.2) is 0 Å². The molecule has 0 aliphatic heterocycles. The normalized spacial score (nSPS) is 11.4. The summed E-state index contributed by atoms with van der Waals surface area (Å²) < 4.78 is 40.3. The van der Waals surface area contributed by atoms with E-state index >= 15 is 0 Å². The molecule has 0 N–H and O–H groups in total. The van der Waals surface area contributed by atoms with Crippen molar-refractivity contribution in [3.63, 3.8) is 0 Å². The topological polar surface area (TPSA) is 104 Å². The highest BCUT2D eigenvalue weighted by atomic mass is 35.7. The third-order valence-electron chi connectivity index (χ3n) is 8.83. The summed E-state index contributed by atoms with van der Waals surface area (Å²) >= 11 is 0. The summed E-state index contributed by atoms with van der Waals surface area (Å²) in [6, 6.07) is 24.3. The lowest BCUT2D eigenvalue weighted by Crippen LogP contribution is -2.68. The highest BCUT2D eigenvalue weighted by Gasteiger charge is 2.16. The van der Waals surface area contributed by atoms with E-state index in [1.54, 1.807) is 0 Å². The van der Waals surface area contributed by atoms with E-state index in [1.807, 2.05) is 0 Å². The predicted octanol–water partition coefficient (Wildman–Crippen LogP) is 9.07. The second kappa shape index (κ2) is 25.7. The molecule has 0 radical (unpaired) electrons. The fourth-order valence-electron chi connectivity index (χ4n) is 6.02. The standard InChI is InChI=1S/C41H61O.ClHO4/c1-3-5-7-9-11-13-15-17-19-21-24-36-28-32-38(33-29-36)40-26-23-27-41(42-40)39-34-30-37(31-35-39)25-22-20-18-16-14-12-10-8-6-4-2;2-1(3,4)5/h23,26-35H,3-22,24-25H2,1-2H3;(H,2,3,4,5)/q+1;/p-1. The summed E-state index contributed by atoms with van der Waals surface area (Å²) in [6.45, 7) is 4.58. The highest BCUT2D eigenvalue weighted by Crippen LogP contribution is 2.27. The first-order valence-electron chi connectivity index (χ1n) is 18.5. The van der Waals surface area contributed by atoms with Crippen molar-refractivity contribution in [2.24, 2.45) is 0 Å². The number of hydrogen-bond acceptors (Lipinski definition) is 4. The largest absolute Gasteiger partial charge is 0.360 e. The fraction of sp³-hybridized carbons (Fsp3) is 0.585. The van der Waals surface area contributed by atoms with Crippen molar-refractivity contribution in [2.75, 3.05) is 0 Å². The molecule has 262 valence electrons. The van der Waals surface area contributed by atoms with Crippen LogP contribution in [0.25, 0.3) is 22.6 Å². The Morgan fingerprint density at radius 2 is 0.681 bits per heavy atom. The smallest absolute Gasteiger partial charge is 0.222 e. The Balaban J connectivity index is 0.00000142. The van der Waals surface area contributed by atoms with Gasteiger partial charge in [0.1, 0.15) is 0 Å². The van der Waals surface area contributed by atoms with Gasteiger partial charge in [-0.05, 0) is 67.1 Å². The Kier molecular flexibility index (Phi) is 22.4. The van der Waals surface area contributed by atoms with E-state index < -0.39 is 10.2 Å². The molecular weight excluding hydrogens is 608 g/mol. The predicted molar refractivity (Wildman–Crippen MR) is 185 cm³/mol. The van der Waals surface area contributed by atoms with Crippen LogP contribution in [-0.2, 0) is 12.8 Å². The van der Waals surface area contributed by atoms with Crippen molar-refractivity contribution in [1.82, 2.24) is 0 Å². The third-order valence-corrected chi connectivity index (χ3v) is 8.83. The van der Waals surface area contributed by atoms with Crippen LogP contribution in [0.1, 0.15) is 153 Å². The number of hydrogen-bond donors (Lipinski definition) is 0. The number of unbranched alkanes of at least 4 members (excludes halogenated alkanes) is 18. The zero-order chi connectivity index (χ0) is 34.0. The lowest BCUT2D eigenvalue weighted by molar-refractivity contribution is -2.00. The summed E-state index contributed by atoms with van der Waals surface area (Å²) in [5, 5.41) is 0. The van der Waals surface area contributed by atoms with Crippen molar-refractivity contribution in [3.05, 3.63) is 77.9 Å². The van der Waals surface area contributed by atoms with Crippen molar-refractivity contribution in [1.29, 1.82) is 0 Å². The van der Waals surface area contributed by atoms with Gasteiger partial charge in [-0.15, -0.1) is 10.2 Å². The molecule has 0 bridgehead atoms. The van der Waals surface area contributed by atoms with Gasteiger partial charge in [-0.2, -0.15) is 0 Å². The van der Waals surface area contributed by atoms with E-state index in [1.165, 1.54) is 152 Å². The molecule has 2 aromatic carbocycles. The maximum atomic E-state index is 8.49. The van der Waals surface area contributed by atoms with Gasteiger partial charge in [-0.3, -0.25) is 0 Å².